The molecule has 0 aliphatic rings. The molecule has 0 amide bonds. The third-order valence-corrected chi connectivity index (χ3v) is 2.09. The fourth-order valence-corrected chi connectivity index (χ4v) is 1.40. The number of benzene rings is 1. The summed E-state index contributed by atoms with van der Waals surface area (Å²) in [6.07, 6.45) is 1.95. The van der Waals surface area contributed by atoms with Gasteiger partial charge in [-0.25, -0.2) is 0 Å². The van der Waals surface area contributed by atoms with E-state index < -0.39 is 0 Å². The number of ether oxygens (including phenoxy) is 1. The molecule has 0 unspecified atom stereocenters. The standard InChI is InChI=1S/C11H13NO.H2/c1-2-13-8-9-3-4-10-5-6-12-11(10)7-9;/h3-7,12H,2,8H2,1H3;1H. The first-order chi connectivity index (χ1) is 6.40. The lowest BCUT2D eigenvalue weighted by molar-refractivity contribution is 0.134. The Morgan fingerprint density at radius 2 is 2.31 bits per heavy atom. The van der Waals surface area contributed by atoms with E-state index in [0.29, 0.717) is 6.61 Å². The molecular formula is C11H15NO. The highest BCUT2D eigenvalue weighted by atomic mass is 16.5. The maximum absolute atomic E-state index is 5.33. The molecule has 2 rings (SSSR count). The summed E-state index contributed by atoms with van der Waals surface area (Å²) in [5.41, 5.74) is 2.40. The lowest BCUT2D eigenvalue weighted by Gasteiger charge is -2.01. The predicted octanol–water partition coefficient (Wildman–Crippen LogP) is 2.95. The minimum atomic E-state index is 0. The molecule has 0 spiro atoms. The summed E-state index contributed by atoms with van der Waals surface area (Å²) in [5, 5.41) is 1.25. The summed E-state index contributed by atoms with van der Waals surface area (Å²) in [5.74, 6) is 0. The van der Waals surface area contributed by atoms with Crippen LogP contribution in [-0.4, -0.2) is 11.6 Å². The molecule has 0 atom stereocenters. The van der Waals surface area contributed by atoms with Gasteiger partial charge in [-0.05, 0) is 30.0 Å². The molecule has 1 aromatic carbocycles. The molecule has 2 heteroatoms. The molecule has 0 fully saturated rings. The summed E-state index contributed by atoms with van der Waals surface area (Å²) >= 11 is 0. The average molecular weight is 177 g/mol. The van der Waals surface area contributed by atoms with E-state index >= 15 is 0 Å². The van der Waals surface area contributed by atoms with Gasteiger partial charge in [0, 0.05) is 19.7 Å². The molecule has 0 saturated heterocycles. The second kappa shape index (κ2) is 3.62. The number of rotatable bonds is 3. The van der Waals surface area contributed by atoms with Crippen molar-refractivity contribution in [2.75, 3.05) is 6.61 Å². The number of H-pyrrole nitrogens is 1. The number of hydrogen-bond acceptors (Lipinski definition) is 1. The van der Waals surface area contributed by atoms with Crippen molar-refractivity contribution in [2.24, 2.45) is 0 Å². The Morgan fingerprint density at radius 3 is 3.15 bits per heavy atom. The van der Waals surface area contributed by atoms with Gasteiger partial charge in [-0.1, -0.05) is 12.1 Å². The molecule has 1 aromatic heterocycles. The normalized spacial score (nSPS) is 10.8. The van der Waals surface area contributed by atoms with Crippen LogP contribution in [0.5, 0.6) is 0 Å². The van der Waals surface area contributed by atoms with E-state index in [-0.39, 0.29) is 1.43 Å². The Labute approximate surface area is 79.0 Å². The van der Waals surface area contributed by atoms with Crippen molar-refractivity contribution in [2.45, 2.75) is 13.5 Å². The van der Waals surface area contributed by atoms with Gasteiger partial charge in [0.15, 0.2) is 0 Å². The zero-order chi connectivity index (χ0) is 9.10. The molecule has 70 valence electrons. The molecule has 1 N–H and O–H groups in total. The maximum Gasteiger partial charge on any atom is 0.0717 e. The Morgan fingerprint density at radius 1 is 1.38 bits per heavy atom. The Balaban J connectivity index is 0.000000980. The first-order valence-electron chi connectivity index (χ1n) is 4.54. The largest absolute Gasteiger partial charge is 0.377 e. The van der Waals surface area contributed by atoms with Gasteiger partial charge in [0.25, 0.3) is 0 Å². The van der Waals surface area contributed by atoms with Crippen LogP contribution >= 0.6 is 0 Å². The van der Waals surface area contributed by atoms with Crippen LogP contribution in [0.1, 0.15) is 13.9 Å². The van der Waals surface area contributed by atoms with Gasteiger partial charge in [0.05, 0.1) is 6.61 Å². The van der Waals surface area contributed by atoms with E-state index in [1.54, 1.807) is 0 Å². The average Bonchev–Trinajstić information content (AvgIpc) is 2.61. The van der Waals surface area contributed by atoms with Crippen molar-refractivity contribution >= 4 is 10.9 Å². The van der Waals surface area contributed by atoms with Gasteiger partial charge in [-0.15, -0.1) is 0 Å². The second-order valence-corrected chi connectivity index (χ2v) is 3.04. The van der Waals surface area contributed by atoms with E-state index in [4.69, 9.17) is 4.74 Å². The third-order valence-electron chi connectivity index (χ3n) is 2.09. The summed E-state index contributed by atoms with van der Waals surface area (Å²) < 4.78 is 5.33. The number of aromatic nitrogens is 1. The van der Waals surface area contributed by atoms with Crippen LogP contribution < -0.4 is 0 Å². The van der Waals surface area contributed by atoms with Gasteiger partial charge >= 0.3 is 0 Å². The van der Waals surface area contributed by atoms with Crippen molar-refractivity contribution in [3.05, 3.63) is 36.0 Å². The molecule has 0 saturated carbocycles. The topological polar surface area (TPSA) is 25.0 Å². The second-order valence-electron chi connectivity index (χ2n) is 3.04. The van der Waals surface area contributed by atoms with Crippen LogP contribution in [0.2, 0.25) is 0 Å². The van der Waals surface area contributed by atoms with Gasteiger partial charge < -0.3 is 9.72 Å². The fraction of sp³-hybridized carbons (Fsp3) is 0.273. The summed E-state index contributed by atoms with van der Waals surface area (Å²) in [4.78, 5) is 3.18. The predicted molar refractivity (Wildman–Crippen MR) is 55.7 cm³/mol. The highest BCUT2D eigenvalue weighted by molar-refractivity contribution is 5.79. The highest BCUT2D eigenvalue weighted by Crippen LogP contribution is 2.14. The summed E-state index contributed by atoms with van der Waals surface area (Å²) in [7, 11) is 0. The van der Waals surface area contributed by atoms with Gasteiger partial charge in [0.1, 0.15) is 0 Å². The zero-order valence-corrected chi connectivity index (χ0v) is 7.71. The van der Waals surface area contributed by atoms with Crippen LogP contribution in [0.15, 0.2) is 30.5 Å². The van der Waals surface area contributed by atoms with Gasteiger partial charge in [-0.3, -0.25) is 0 Å². The van der Waals surface area contributed by atoms with E-state index in [2.05, 4.69) is 29.2 Å². The Hall–Kier alpha value is -1.28. The first-order valence-corrected chi connectivity index (χ1v) is 4.54. The third kappa shape index (κ3) is 1.73. The monoisotopic (exact) mass is 177 g/mol. The van der Waals surface area contributed by atoms with Crippen LogP contribution in [0, 0.1) is 0 Å². The smallest absolute Gasteiger partial charge is 0.0717 e. The quantitative estimate of drug-likeness (QED) is 0.766. The summed E-state index contributed by atoms with van der Waals surface area (Å²) in [6.45, 7) is 3.47. The maximum atomic E-state index is 5.33. The van der Waals surface area contributed by atoms with Crippen LogP contribution in [0.4, 0.5) is 0 Å². The fourth-order valence-electron chi connectivity index (χ4n) is 1.40. The lowest BCUT2D eigenvalue weighted by Crippen LogP contribution is -1.90. The molecule has 1 heterocycles. The molecule has 0 radical (unpaired) electrons. The molecular weight excluding hydrogens is 162 g/mol. The number of aromatic amines is 1. The summed E-state index contributed by atoms with van der Waals surface area (Å²) in [6, 6.07) is 8.41. The van der Waals surface area contributed by atoms with E-state index in [9.17, 15) is 0 Å². The van der Waals surface area contributed by atoms with Crippen molar-refractivity contribution < 1.29 is 6.16 Å². The van der Waals surface area contributed by atoms with Crippen molar-refractivity contribution in [1.82, 2.24) is 4.98 Å². The molecule has 0 bridgehead atoms. The molecule has 2 nitrogen and oxygen atoms in total. The Kier molecular flexibility index (Phi) is 2.32. The highest BCUT2D eigenvalue weighted by Gasteiger charge is 1.96. The first kappa shape index (κ1) is 8.32. The van der Waals surface area contributed by atoms with Gasteiger partial charge in [0.2, 0.25) is 0 Å². The van der Waals surface area contributed by atoms with Crippen LogP contribution in [-0.2, 0) is 11.3 Å². The van der Waals surface area contributed by atoms with Crippen LogP contribution in [0.3, 0.4) is 0 Å². The number of hydrogen-bond donors (Lipinski definition) is 1. The number of fused-ring (bicyclic) bond motifs is 1. The van der Waals surface area contributed by atoms with Crippen LogP contribution in [0.25, 0.3) is 10.9 Å². The zero-order valence-electron chi connectivity index (χ0n) is 7.71. The van der Waals surface area contributed by atoms with E-state index in [1.165, 1.54) is 16.5 Å². The number of nitrogens with one attached hydrogen (secondary N) is 1. The minimum Gasteiger partial charge on any atom is -0.377 e. The van der Waals surface area contributed by atoms with E-state index in [1.807, 2.05) is 13.1 Å². The van der Waals surface area contributed by atoms with Gasteiger partial charge in [-0.2, -0.15) is 0 Å². The van der Waals surface area contributed by atoms with Crippen molar-refractivity contribution in [3.63, 3.8) is 0 Å². The van der Waals surface area contributed by atoms with E-state index in [0.717, 1.165) is 6.61 Å². The minimum absolute atomic E-state index is 0. The molecule has 0 aliphatic carbocycles. The molecule has 2 aromatic rings. The van der Waals surface area contributed by atoms with Crippen molar-refractivity contribution in [3.8, 4) is 0 Å². The lowest BCUT2D eigenvalue weighted by atomic mass is 10.2. The SMILES string of the molecule is CCOCc1ccc2cc[nH]c2c1.[HH]. The Bertz CT molecular complexity index is 397. The molecule has 13 heavy (non-hydrogen) atoms. The molecule has 0 aliphatic heterocycles. The van der Waals surface area contributed by atoms with Crippen molar-refractivity contribution in [1.29, 1.82) is 0 Å².